The van der Waals surface area contributed by atoms with Gasteiger partial charge < -0.3 is 0 Å². The van der Waals surface area contributed by atoms with E-state index in [-0.39, 0.29) is 11.3 Å². The van der Waals surface area contributed by atoms with Crippen LogP contribution in [0.15, 0.2) is 30.3 Å². The maximum Gasteiger partial charge on any atom is 0.386 e. The summed E-state index contributed by atoms with van der Waals surface area (Å²) in [6.45, 7) is 8.05. The molecule has 0 amide bonds. The number of hydrogen-bond acceptors (Lipinski definition) is 4. The quantitative estimate of drug-likeness (QED) is 0.479. The van der Waals surface area contributed by atoms with E-state index in [1.807, 2.05) is 6.92 Å². The number of benzene rings is 1. The minimum absolute atomic E-state index is 0.0492. The highest BCUT2D eigenvalue weighted by atomic mass is 35.5. The molecule has 1 rings (SSSR count). The van der Waals surface area contributed by atoms with Crippen molar-refractivity contribution in [1.29, 1.82) is 0 Å². The summed E-state index contributed by atoms with van der Waals surface area (Å²) in [5, 5.41) is -0.854. The summed E-state index contributed by atoms with van der Waals surface area (Å²) in [6, 6.07) is 8.28. The van der Waals surface area contributed by atoms with Crippen LogP contribution in [0.2, 0.25) is 0 Å². The molecule has 0 saturated heterocycles. The van der Waals surface area contributed by atoms with E-state index in [9.17, 15) is 9.59 Å². The van der Waals surface area contributed by atoms with E-state index in [0.717, 1.165) is 6.42 Å². The molecule has 0 N–H and O–H groups in total. The molecule has 0 saturated carbocycles. The Morgan fingerprint density at radius 3 is 2.24 bits per heavy atom. The van der Waals surface area contributed by atoms with Crippen molar-refractivity contribution < 1.29 is 19.4 Å². The lowest BCUT2D eigenvalue weighted by Gasteiger charge is -2.24. The Balaban J connectivity index is 2.48. The maximum atomic E-state index is 11.8. The fraction of sp³-hybridized carbons (Fsp3) is 0.500. The Hall–Kier alpha value is -1.55. The van der Waals surface area contributed by atoms with Crippen LogP contribution < -0.4 is 0 Å². The molecule has 0 aliphatic heterocycles. The average molecular weight is 313 g/mol. The molecule has 21 heavy (non-hydrogen) atoms. The van der Waals surface area contributed by atoms with E-state index >= 15 is 0 Å². The first-order valence-corrected chi connectivity index (χ1v) is 7.26. The molecule has 116 valence electrons. The standard InChI is InChI=1S/C16H21ClO4/c1-11(10-16(2,3)4)13(17)15(19)21-20-14(18)12-8-6-5-7-9-12/h5-9,11,13H,10H2,1-4H3. The predicted octanol–water partition coefficient (Wildman–Crippen LogP) is 3.98. The van der Waals surface area contributed by atoms with Crippen molar-refractivity contribution in [3.8, 4) is 0 Å². The highest BCUT2D eigenvalue weighted by molar-refractivity contribution is 6.30. The lowest BCUT2D eigenvalue weighted by molar-refractivity contribution is -0.234. The van der Waals surface area contributed by atoms with E-state index in [1.165, 1.54) is 0 Å². The molecule has 0 aromatic heterocycles. The van der Waals surface area contributed by atoms with Crippen molar-refractivity contribution in [2.24, 2.45) is 11.3 Å². The number of carbonyl (C=O) groups is 2. The second kappa shape index (κ2) is 7.46. The summed E-state index contributed by atoms with van der Waals surface area (Å²) in [5.41, 5.74) is 0.354. The van der Waals surface area contributed by atoms with Gasteiger partial charge in [0.15, 0.2) is 0 Å². The van der Waals surface area contributed by atoms with Gasteiger partial charge in [0, 0.05) is 0 Å². The molecule has 4 nitrogen and oxygen atoms in total. The predicted molar refractivity (Wildman–Crippen MR) is 80.8 cm³/mol. The first-order chi connectivity index (χ1) is 9.70. The molecule has 1 aromatic carbocycles. The first-order valence-electron chi connectivity index (χ1n) is 6.82. The van der Waals surface area contributed by atoms with Gasteiger partial charge in [0.1, 0.15) is 5.38 Å². The molecular weight excluding hydrogens is 292 g/mol. The van der Waals surface area contributed by atoms with Gasteiger partial charge in [-0.2, -0.15) is 0 Å². The van der Waals surface area contributed by atoms with Gasteiger partial charge in [-0.05, 0) is 29.9 Å². The molecule has 1 aromatic rings. The van der Waals surface area contributed by atoms with Crippen LogP contribution in [-0.4, -0.2) is 17.3 Å². The summed E-state index contributed by atoms with van der Waals surface area (Å²) < 4.78 is 0. The van der Waals surface area contributed by atoms with Crippen LogP contribution >= 0.6 is 11.6 Å². The molecule has 0 heterocycles. The first kappa shape index (κ1) is 17.5. The van der Waals surface area contributed by atoms with Gasteiger partial charge in [-0.1, -0.05) is 45.9 Å². The van der Waals surface area contributed by atoms with Crippen LogP contribution in [0.5, 0.6) is 0 Å². The zero-order valence-electron chi connectivity index (χ0n) is 12.8. The van der Waals surface area contributed by atoms with E-state index in [0.29, 0.717) is 5.56 Å². The molecule has 0 aliphatic rings. The number of alkyl halides is 1. The minimum atomic E-state index is -0.854. The number of carbonyl (C=O) groups excluding carboxylic acids is 2. The molecule has 0 aliphatic carbocycles. The van der Waals surface area contributed by atoms with Crippen LogP contribution in [0.3, 0.4) is 0 Å². The summed E-state index contributed by atoms with van der Waals surface area (Å²) >= 11 is 6.05. The minimum Gasteiger partial charge on any atom is -0.246 e. The van der Waals surface area contributed by atoms with Gasteiger partial charge in [0.05, 0.1) is 5.56 Å². The Kier molecular flexibility index (Phi) is 6.21. The largest absolute Gasteiger partial charge is 0.386 e. The Morgan fingerprint density at radius 2 is 1.71 bits per heavy atom. The Bertz CT molecular complexity index is 479. The van der Waals surface area contributed by atoms with Crippen molar-refractivity contribution in [3.63, 3.8) is 0 Å². The summed E-state index contributed by atoms with van der Waals surface area (Å²) in [4.78, 5) is 32.5. The third-order valence-electron chi connectivity index (χ3n) is 2.87. The van der Waals surface area contributed by atoms with Gasteiger partial charge in [-0.25, -0.2) is 19.4 Å². The van der Waals surface area contributed by atoms with Crippen molar-refractivity contribution in [2.45, 2.75) is 39.5 Å². The SMILES string of the molecule is CC(CC(C)(C)C)C(Cl)C(=O)OOC(=O)c1ccccc1. The third kappa shape index (κ3) is 6.17. The van der Waals surface area contributed by atoms with Gasteiger partial charge in [0.2, 0.25) is 0 Å². The van der Waals surface area contributed by atoms with E-state index < -0.39 is 17.3 Å². The van der Waals surface area contributed by atoms with E-state index in [1.54, 1.807) is 30.3 Å². The summed E-state index contributed by atoms with van der Waals surface area (Å²) in [6.07, 6.45) is 0.753. The molecular formula is C16H21ClO4. The third-order valence-corrected chi connectivity index (χ3v) is 3.48. The zero-order valence-corrected chi connectivity index (χ0v) is 13.5. The topological polar surface area (TPSA) is 52.6 Å². The summed E-state index contributed by atoms with van der Waals surface area (Å²) in [5.74, 6) is -1.57. The van der Waals surface area contributed by atoms with Gasteiger partial charge in [0.25, 0.3) is 0 Å². The monoisotopic (exact) mass is 312 g/mol. The lowest BCUT2D eigenvalue weighted by Crippen LogP contribution is -2.28. The molecule has 2 unspecified atom stereocenters. The highest BCUT2D eigenvalue weighted by Gasteiger charge is 2.29. The zero-order chi connectivity index (χ0) is 16.0. The molecule has 2 atom stereocenters. The molecule has 0 fully saturated rings. The lowest BCUT2D eigenvalue weighted by atomic mass is 9.84. The molecule has 5 heteroatoms. The van der Waals surface area contributed by atoms with Crippen LogP contribution in [0.25, 0.3) is 0 Å². The normalized spacial score (nSPS) is 14.1. The number of hydrogen-bond donors (Lipinski definition) is 0. The smallest absolute Gasteiger partial charge is 0.246 e. The van der Waals surface area contributed by atoms with E-state index in [4.69, 9.17) is 11.6 Å². The van der Waals surface area contributed by atoms with Crippen molar-refractivity contribution in [1.82, 2.24) is 0 Å². The van der Waals surface area contributed by atoms with Crippen molar-refractivity contribution in [2.75, 3.05) is 0 Å². The summed E-state index contributed by atoms with van der Waals surface area (Å²) in [7, 11) is 0. The second-order valence-corrected chi connectivity index (χ2v) is 6.75. The fourth-order valence-corrected chi connectivity index (χ4v) is 2.17. The van der Waals surface area contributed by atoms with Crippen LogP contribution in [0.1, 0.15) is 44.5 Å². The fourth-order valence-electron chi connectivity index (χ4n) is 2.05. The van der Waals surface area contributed by atoms with Gasteiger partial charge in [-0.15, -0.1) is 11.6 Å². The Morgan fingerprint density at radius 1 is 1.14 bits per heavy atom. The Labute approximate surface area is 130 Å². The maximum absolute atomic E-state index is 11.8. The number of halogens is 1. The van der Waals surface area contributed by atoms with Crippen LogP contribution in [-0.2, 0) is 14.6 Å². The molecule has 0 radical (unpaired) electrons. The highest BCUT2D eigenvalue weighted by Crippen LogP contribution is 2.28. The van der Waals surface area contributed by atoms with Crippen LogP contribution in [0, 0.1) is 11.3 Å². The molecule has 0 spiro atoms. The molecule has 0 bridgehead atoms. The average Bonchev–Trinajstić information content (AvgIpc) is 2.42. The van der Waals surface area contributed by atoms with Gasteiger partial charge >= 0.3 is 11.9 Å². The van der Waals surface area contributed by atoms with Crippen molar-refractivity contribution in [3.05, 3.63) is 35.9 Å². The van der Waals surface area contributed by atoms with E-state index in [2.05, 4.69) is 30.5 Å². The second-order valence-electron chi connectivity index (χ2n) is 6.28. The van der Waals surface area contributed by atoms with Crippen molar-refractivity contribution >= 4 is 23.5 Å². The van der Waals surface area contributed by atoms with Gasteiger partial charge in [-0.3, -0.25) is 0 Å². The number of rotatable bonds is 4. The van der Waals surface area contributed by atoms with Crippen LogP contribution in [0.4, 0.5) is 0 Å².